The van der Waals surface area contributed by atoms with Crippen LogP contribution in [0.2, 0.25) is 5.02 Å². The standard InChI is InChI=1S/C24H26ClNO6/c1-5-6-12-26-20(15-8-7-9-18(31-3)23(15)32-4)19(22(28)24(26)29)21(27)16-13-14(25)10-11-17(16)30-2/h7-11,13,20,27H,5-6,12H2,1-4H3/b21-19+. The Morgan fingerprint density at radius 2 is 1.78 bits per heavy atom. The molecule has 1 heterocycles. The third kappa shape index (κ3) is 4.12. The fraction of sp³-hybridized carbons (Fsp3) is 0.333. The van der Waals surface area contributed by atoms with Crippen LogP contribution in [0.4, 0.5) is 0 Å². The van der Waals surface area contributed by atoms with Crippen molar-refractivity contribution in [2.24, 2.45) is 0 Å². The molecule has 8 heteroatoms. The molecule has 0 radical (unpaired) electrons. The van der Waals surface area contributed by atoms with Crippen LogP contribution in [0.25, 0.3) is 5.76 Å². The number of hydrogen-bond acceptors (Lipinski definition) is 6. The number of aliphatic hydroxyl groups is 1. The van der Waals surface area contributed by atoms with Crippen LogP contribution >= 0.6 is 11.6 Å². The summed E-state index contributed by atoms with van der Waals surface area (Å²) in [6, 6.07) is 9.05. The largest absolute Gasteiger partial charge is 0.507 e. The molecule has 32 heavy (non-hydrogen) atoms. The van der Waals surface area contributed by atoms with E-state index in [9.17, 15) is 14.7 Å². The molecule has 0 aliphatic carbocycles. The molecule has 0 aromatic heterocycles. The Labute approximate surface area is 192 Å². The number of para-hydroxylation sites is 1. The van der Waals surface area contributed by atoms with Gasteiger partial charge in [0.15, 0.2) is 11.5 Å². The number of benzene rings is 2. The Morgan fingerprint density at radius 1 is 1.06 bits per heavy atom. The van der Waals surface area contributed by atoms with Gasteiger partial charge >= 0.3 is 0 Å². The highest BCUT2D eigenvalue weighted by molar-refractivity contribution is 6.46. The molecular formula is C24H26ClNO6. The zero-order valence-corrected chi connectivity index (χ0v) is 19.2. The molecule has 1 aliphatic rings. The number of carbonyl (C=O) groups is 2. The number of ketones is 1. The monoisotopic (exact) mass is 459 g/mol. The minimum absolute atomic E-state index is 0.0572. The summed E-state index contributed by atoms with van der Waals surface area (Å²) in [4.78, 5) is 27.6. The fourth-order valence-electron chi connectivity index (χ4n) is 3.90. The maximum absolute atomic E-state index is 13.2. The van der Waals surface area contributed by atoms with Gasteiger partial charge in [-0.1, -0.05) is 37.1 Å². The quantitative estimate of drug-likeness (QED) is 0.353. The van der Waals surface area contributed by atoms with Gasteiger partial charge in [-0.15, -0.1) is 0 Å². The molecule has 1 saturated heterocycles. The summed E-state index contributed by atoms with van der Waals surface area (Å²) in [7, 11) is 4.44. The molecule has 1 fully saturated rings. The van der Waals surface area contributed by atoms with E-state index in [1.165, 1.54) is 32.3 Å². The molecule has 0 bridgehead atoms. The maximum atomic E-state index is 13.2. The predicted molar refractivity (Wildman–Crippen MR) is 121 cm³/mol. The summed E-state index contributed by atoms with van der Waals surface area (Å²) in [5.41, 5.74) is 0.697. The number of ether oxygens (including phenoxy) is 3. The van der Waals surface area contributed by atoms with E-state index >= 15 is 0 Å². The average Bonchev–Trinajstić information content (AvgIpc) is 3.06. The predicted octanol–water partition coefficient (Wildman–Crippen LogP) is 4.59. The van der Waals surface area contributed by atoms with Gasteiger partial charge in [-0.3, -0.25) is 9.59 Å². The van der Waals surface area contributed by atoms with Crippen LogP contribution < -0.4 is 14.2 Å². The summed E-state index contributed by atoms with van der Waals surface area (Å²) in [6.07, 6.45) is 1.52. The van der Waals surface area contributed by atoms with E-state index in [1.807, 2.05) is 6.92 Å². The zero-order valence-electron chi connectivity index (χ0n) is 18.5. The van der Waals surface area contributed by atoms with Gasteiger partial charge in [0.2, 0.25) is 0 Å². The fourth-order valence-corrected chi connectivity index (χ4v) is 4.07. The second-order valence-electron chi connectivity index (χ2n) is 7.27. The van der Waals surface area contributed by atoms with Crippen molar-refractivity contribution in [2.45, 2.75) is 25.8 Å². The molecular weight excluding hydrogens is 434 g/mol. The van der Waals surface area contributed by atoms with E-state index in [1.54, 1.807) is 30.3 Å². The van der Waals surface area contributed by atoms with Crippen molar-refractivity contribution in [3.8, 4) is 17.2 Å². The minimum atomic E-state index is -0.865. The smallest absolute Gasteiger partial charge is 0.295 e. The van der Waals surface area contributed by atoms with Crippen LogP contribution in [0.5, 0.6) is 17.2 Å². The number of hydrogen-bond donors (Lipinski definition) is 1. The number of rotatable bonds is 8. The number of likely N-dealkylation sites (tertiary alicyclic amines) is 1. The molecule has 2 aromatic carbocycles. The summed E-state index contributed by atoms with van der Waals surface area (Å²) in [6.45, 7) is 2.34. The number of carbonyl (C=O) groups excluding carboxylic acids is 2. The van der Waals surface area contributed by atoms with E-state index in [0.29, 0.717) is 40.8 Å². The Hall–Kier alpha value is -3.19. The first-order valence-corrected chi connectivity index (χ1v) is 10.6. The van der Waals surface area contributed by atoms with Gasteiger partial charge < -0.3 is 24.2 Å². The van der Waals surface area contributed by atoms with Crippen molar-refractivity contribution in [3.05, 3.63) is 58.1 Å². The number of Topliss-reactive ketones (excluding diaryl/α,β-unsaturated/α-hetero) is 1. The van der Waals surface area contributed by atoms with Crippen LogP contribution in [0.3, 0.4) is 0 Å². The van der Waals surface area contributed by atoms with Gasteiger partial charge in [0.05, 0.1) is 38.5 Å². The molecule has 1 unspecified atom stereocenters. The van der Waals surface area contributed by atoms with E-state index in [2.05, 4.69) is 0 Å². The molecule has 7 nitrogen and oxygen atoms in total. The number of nitrogens with zero attached hydrogens (tertiary/aromatic N) is 1. The first-order chi connectivity index (χ1) is 15.4. The summed E-state index contributed by atoms with van der Waals surface area (Å²) in [5.74, 6) is -0.676. The molecule has 0 saturated carbocycles. The Kier molecular flexibility index (Phi) is 7.30. The lowest BCUT2D eigenvalue weighted by molar-refractivity contribution is -0.139. The van der Waals surface area contributed by atoms with E-state index in [0.717, 1.165) is 6.42 Å². The normalized spacial score (nSPS) is 17.5. The number of methoxy groups -OCH3 is 3. The number of unbranched alkanes of at least 4 members (excludes halogenated alkanes) is 1. The number of aliphatic hydroxyl groups excluding tert-OH is 1. The van der Waals surface area contributed by atoms with Gasteiger partial charge in [-0.05, 0) is 30.7 Å². The van der Waals surface area contributed by atoms with Crippen molar-refractivity contribution < 1.29 is 28.9 Å². The molecule has 170 valence electrons. The highest BCUT2D eigenvalue weighted by Crippen LogP contribution is 2.46. The van der Waals surface area contributed by atoms with Crippen LogP contribution in [0.1, 0.15) is 36.9 Å². The van der Waals surface area contributed by atoms with Crippen LogP contribution in [0, 0.1) is 0 Å². The van der Waals surface area contributed by atoms with E-state index in [-0.39, 0.29) is 16.9 Å². The molecule has 0 spiro atoms. The number of amides is 1. The lowest BCUT2D eigenvalue weighted by Crippen LogP contribution is -2.30. The van der Waals surface area contributed by atoms with Crippen LogP contribution in [0.15, 0.2) is 42.0 Å². The first kappa shape index (κ1) is 23.5. The second-order valence-corrected chi connectivity index (χ2v) is 7.71. The van der Waals surface area contributed by atoms with Gasteiger partial charge in [0.1, 0.15) is 11.5 Å². The topological polar surface area (TPSA) is 85.3 Å². The summed E-state index contributed by atoms with van der Waals surface area (Å²) >= 11 is 6.14. The SMILES string of the molecule is CCCCN1C(=O)C(=O)/C(=C(/O)c2cc(Cl)ccc2OC)C1c1cccc(OC)c1OC. The Morgan fingerprint density at radius 3 is 2.41 bits per heavy atom. The lowest BCUT2D eigenvalue weighted by atomic mass is 9.94. The third-order valence-electron chi connectivity index (χ3n) is 5.44. The van der Waals surface area contributed by atoms with Gasteiger partial charge in [-0.2, -0.15) is 0 Å². The van der Waals surface area contributed by atoms with Crippen molar-refractivity contribution in [1.82, 2.24) is 4.90 Å². The van der Waals surface area contributed by atoms with Crippen molar-refractivity contribution in [3.63, 3.8) is 0 Å². The summed E-state index contributed by atoms with van der Waals surface area (Å²) in [5, 5.41) is 11.6. The van der Waals surface area contributed by atoms with Crippen LogP contribution in [-0.4, -0.2) is 49.6 Å². The van der Waals surface area contributed by atoms with Crippen molar-refractivity contribution in [1.29, 1.82) is 0 Å². The Bertz CT molecular complexity index is 1060. The van der Waals surface area contributed by atoms with E-state index in [4.69, 9.17) is 25.8 Å². The molecule has 1 atom stereocenters. The van der Waals surface area contributed by atoms with Gasteiger partial charge in [0, 0.05) is 17.1 Å². The molecule has 3 rings (SSSR count). The minimum Gasteiger partial charge on any atom is -0.507 e. The lowest BCUT2D eigenvalue weighted by Gasteiger charge is -2.27. The zero-order chi connectivity index (χ0) is 23.4. The Balaban J connectivity index is 2.31. The highest BCUT2D eigenvalue weighted by atomic mass is 35.5. The van der Waals surface area contributed by atoms with Gasteiger partial charge in [-0.25, -0.2) is 0 Å². The summed E-state index contributed by atoms with van der Waals surface area (Å²) < 4.78 is 16.3. The van der Waals surface area contributed by atoms with E-state index < -0.39 is 17.7 Å². The maximum Gasteiger partial charge on any atom is 0.295 e. The first-order valence-electron chi connectivity index (χ1n) is 10.2. The third-order valence-corrected chi connectivity index (χ3v) is 5.67. The molecule has 2 aromatic rings. The van der Waals surface area contributed by atoms with Crippen molar-refractivity contribution >= 4 is 29.1 Å². The average molecular weight is 460 g/mol. The second kappa shape index (κ2) is 9.96. The van der Waals surface area contributed by atoms with Crippen molar-refractivity contribution in [2.75, 3.05) is 27.9 Å². The van der Waals surface area contributed by atoms with Gasteiger partial charge in [0.25, 0.3) is 11.7 Å². The highest BCUT2D eigenvalue weighted by Gasteiger charge is 2.47. The molecule has 1 amide bonds. The molecule has 1 N–H and O–H groups in total. The molecule has 1 aliphatic heterocycles. The number of halogens is 1. The van der Waals surface area contributed by atoms with Crippen LogP contribution in [-0.2, 0) is 9.59 Å².